The van der Waals surface area contributed by atoms with Crippen molar-refractivity contribution in [3.63, 3.8) is 0 Å². The van der Waals surface area contributed by atoms with Gasteiger partial charge >= 0.3 is 0 Å². The summed E-state index contributed by atoms with van der Waals surface area (Å²) in [6.45, 7) is 3.91. The van der Waals surface area contributed by atoms with Crippen LogP contribution in [0.4, 0.5) is 0 Å². The molecule has 0 saturated carbocycles. The Morgan fingerprint density at radius 1 is 1.44 bits per heavy atom. The molecule has 0 atom stereocenters. The van der Waals surface area contributed by atoms with Crippen LogP contribution in [0.5, 0.6) is 0 Å². The van der Waals surface area contributed by atoms with Crippen molar-refractivity contribution >= 4 is 27.8 Å². The highest BCUT2D eigenvalue weighted by Gasteiger charge is 1.87. The summed E-state index contributed by atoms with van der Waals surface area (Å²) in [5, 5.41) is 1.07. The lowest BCUT2D eigenvalue weighted by atomic mass is 10.7. The molecule has 0 heterocycles. The van der Waals surface area contributed by atoms with E-state index in [1.54, 1.807) is 27.8 Å². The molecular formula is C6H11NS2. The molecular weight excluding hydrogens is 150 g/mol. The SMILES string of the molecule is CC=N/C(=C\C)SSC. The van der Waals surface area contributed by atoms with Gasteiger partial charge in [-0.2, -0.15) is 0 Å². The lowest BCUT2D eigenvalue weighted by molar-refractivity contribution is 1.50. The fourth-order valence-corrected chi connectivity index (χ4v) is 1.70. The van der Waals surface area contributed by atoms with Gasteiger partial charge in [-0.3, -0.25) is 4.99 Å². The van der Waals surface area contributed by atoms with Crippen molar-refractivity contribution < 1.29 is 0 Å². The molecule has 0 bridgehead atoms. The lowest BCUT2D eigenvalue weighted by Crippen LogP contribution is -1.65. The van der Waals surface area contributed by atoms with Gasteiger partial charge in [0.05, 0.1) is 0 Å². The van der Waals surface area contributed by atoms with Gasteiger partial charge in [0.15, 0.2) is 0 Å². The van der Waals surface area contributed by atoms with Gasteiger partial charge in [-0.15, -0.1) is 0 Å². The minimum Gasteiger partial charge on any atom is -0.254 e. The molecule has 0 radical (unpaired) electrons. The highest BCUT2D eigenvalue weighted by atomic mass is 33.1. The third-order valence-electron chi connectivity index (χ3n) is 0.672. The third kappa shape index (κ3) is 4.60. The summed E-state index contributed by atoms with van der Waals surface area (Å²) in [4.78, 5) is 4.11. The van der Waals surface area contributed by atoms with Crippen LogP contribution in [-0.4, -0.2) is 12.5 Å². The van der Waals surface area contributed by atoms with Crippen LogP contribution in [0.2, 0.25) is 0 Å². The zero-order valence-corrected chi connectivity index (χ0v) is 7.55. The quantitative estimate of drug-likeness (QED) is 0.466. The summed E-state index contributed by atoms with van der Waals surface area (Å²) < 4.78 is 0. The van der Waals surface area contributed by atoms with Crippen LogP contribution in [0, 0.1) is 0 Å². The summed E-state index contributed by atoms with van der Waals surface area (Å²) in [7, 11) is 3.39. The van der Waals surface area contributed by atoms with Gasteiger partial charge < -0.3 is 0 Å². The van der Waals surface area contributed by atoms with Gasteiger partial charge in [0.25, 0.3) is 0 Å². The molecule has 52 valence electrons. The van der Waals surface area contributed by atoms with Crippen molar-refractivity contribution in [1.82, 2.24) is 0 Å². The van der Waals surface area contributed by atoms with Crippen LogP contribution in [-0.2, 0) is 0 Å². The van der Waals surface area contributed by atoms with Gasteiger partial charge in [0, 0.05) is 6.21 Å². The summed E-state index contributed by atoms with van der Waals surface area (Å²) in [5.74, 6) is 0. The average Bonchev–Trinajstić information content (AvgIpc) is 1.88. The predicted molar refractivity (Wildman–Crippen MR) is 49.0 cm³/mol. The number of allylic oxidation sites excluding steroid dienone is 1. The molecule has 0 aliphatic rings. The largest absolute Gasteiger partial charge is 0.254 e. The standard InChI is InChI=1S/C6H11NS2/c1-4-6(7-5-2)9-8-3/h4-5H,1-3H3/b6-4+,7-5?. The first-order valence-electron chi connectivity index (χ1n) is 2.70. The van der Waals surface area contributed by atoms with Crippen LogP contribution in [0.3, 0.4) is 0 Å². The van der Waals surface area contributed by atoms with Crippen LogP contribution in [0.1, 0.15) is 13.8 Å². The molecule has 0 N–H and O–H groups in total. The summed E-state index contributed by atoms with van der Waals surface area (Å²) in [6, 6.07) is 0. The van der Waals surface area contributed by atoms with Gasteiger partial charge in [-0.25, -0.2) is 0 Å². The van der Waals surface area contributed by atoms with Crippen molar-refractivity contribution in [2.24, 2.45) is 4.99 Å². The smallest absolute Gasteiger partial charge is 0.102 e. The van der Waals surface area contributed by atoms with Crippen molar-refractivity contribution in [2.75, 3.05) is 6.26 Å². The van der Waals surface area contributed by atoms with E-state index in [2.05, 4.69) is 4.99 Å². The Kier molecular flexibility index (Phi) is 6.31. The van der Waals surface area contributed by atoms with Crippen LogP contribution in [0.15, 0.2) is 16.1 Å². The van der Waals surface area contributed by atoms with Crippen molar-refractivity contribution in [3.05, 3.63) is 11.1 Å². The zero-order chi connectivity index (χ0) is 7.11. The zero-order valence-electron chi connectivity index (χ0n) is 5.92. The van der Waals surface area contributed by atoms with Crippen LogP contribution >= 0.6 is 21.6 Å². The molecule has 0 spiro atoms. The second-order valence-corrected chi connectivity index (χ2v) is 3.68. The molecule has 0 fully saturated rings. The van der Waals surface area contributed by atoms with E-state index in [0.717, 1.165) is 5.03 Å². The van der Waals surface area contributed by atoms with E-state index < -0.39 is 0 Å². The fraction of sp³-hybridized carbons (Fsp3) is 0.500. The number of aliphatic imine (C=N–C) groups is 1. The number of hydrogen-bond donors (Lipinski definition) is 0. The second kappa shape index (κ2) is 6.23. The number of hydrogen-bond acceptors (Lipinski definition) is 3. The van der Waals surface area contributed by atoms with Crippen molar-refractivity contribution in [2.45, 2.75) is 13.8 Å². The van der Waals surface area contributed by atoms with E-state index >= 15 is 0 Å². The molecule has 1 nitrogen and oxygen atoms in total. The van der Waals surface area contributed by atoms with E-state index in [-0.39, 0.29) is 0 Å². The maximum atomic E-state index is 4.11. The minimum atomic E-state index is 1.07. The van der Waals surface area contributed by atoms with E-state index in [1.807, 2.05) is 26.2 Å². The Labute approximate surface area is 64.4 Å². The molecule has 0 aromatic rings. The minimum absolute atomic E-state index is 1.07. The molecule has 0 saturated heterocycles. The molecule has 0 unspecified atom stereocenters. The Balaban J connectivity index is 3.70. The Hall–Kier alpha value is 0.110. The topological polar surface area (TPSA) is 12.4 Å². The van der Waals surface area contributed by atoms with E-state index in [9.17, 15) is 0 Å². The van der Waals surface area contributed by atoms with Gasteiger partial charge in [-0.1, -0.05) is 16.9 Å². The predicted octanol–water partition coefficient (Wildman–Crippen LogP) is 2.95. The van der Waals surface area contributed by atoms with Gasteiger partial charge in [-0.05, 0) is 30.9 Å². The molecule has 0 aliphatic carbocycles. The number of rotatable bonds is 3. The normalized spacial score (nSPS) is 13.0. The molecule has 3 heteroatoms. The van der Waals surface area contributed by atoms with Crippen LogP contribution in [0.25, 0.3) is 0 Å². The average molecular weight is 161 g/mol. The first-order valence-corrected chi connectivity index (χ1v) is 5.26. The summed E-state index contributed by atoms with van der Waals surface area (Å²) >= 11 is 0. The highest BCUT2D eigenvalue weighted by Crippen LogP contribution is 2.27. The summed E-state index contributed by atoms with van der Waals surface area (Å²) in [5.41, 5.74) is 0. The lowest BCUT2D eigenvalue weighted by Gasteiger charge is -1.92. The fourth-order valence-electron chi connectivity index (χ4n) is 0.357. The third-order valence-corrected chi connectivity index (χ3v) is 2.36. The molecule has 0 amide bonds. The number of nitrogens with zero attached hydrogens (tertiary/aromatic N) is 1. The second-order valence-electron chi connectivity index (χ2n) is 1.26. The maximum absolute atomic E-state index is 4.11. The van der Waals surface area contributed by atoms with E-state index in [4.69, 9.17) is 0 Å². The van der Waals surface area contributed by atoms with Gasteiger partial charge in [0.1, 0.15) is 5.03 Å². The Morgan fingerprint density at radius 2 is 2.11 bits per heavy atom. The monoisotopic (exact) mass is 161 g/mol. The first-order chi connectivity index (χ1) is 4.35. The van der Waals surface area contributed by atoms with Crippen molar-refractivity contribution in [1.29, 1.82) is 0 Å². The Morgan fingerprint density at radius 3 is 2.44 bits per heavy atom. The van der Waals surface area contributed by atoms with Gasteiger partial charge in [0.2, 0.25) is 0 Å². The van der Waals surface area contributed by atoms with E-state index in [1.165, 1.54) is 0 Å². The van der Waals surface area contributed by atoms with Crippen molar-refractivity contribution in [3.8, 4) is 0 Å². The maximum Gasteiger partial charge on any atom is 0.102 e. The Bertz CT molecular complexity index is 118. The molecule has 0 aliphatic heterocycles. The molecule has 9 heavy (non-hydrogen) atoms. The molecule has 0 rings (SSSR count). The summed E-state index contributed by atoms with van der Waals surface area (Å²) in [6.07, 6.45) is 5.85. The van der Waals surface area contributed by atoms with Crippen LogP contribution < -0.4 is 0 Å². The highest BCUT2D eigenvalue weighted by molar-refractivity contribution is 8.77. The molecule has 0 aromatic heterocycles. The first kappa shape index (κ1) is 9.11. The van der Waals surface area contributed by atoms with E-state index in [0.29, 0.717) is 0 Å². The molecule has 0 aromatic carbocycles.